The summed E-state index contributed by atoms with van der Waals surface area (Å²) in [6, 6.07) is 1.94. The van der Waals surface area contributed by atoms with Crippen LogP contribution in [0.2, 0.25) is 0 Å². The molecule has 0 aliphatic heterocycles. The molecular formula is C14H23NO3. The molecule has 1 heterocycles. The van der Waals surface area contributed by atoms with Crippen molar-refractivity contribution in [3.8, 4) is 0 Å². The fourth-order valence-electron chi connectivity index (χ4n) is 2.01. The van der Waals surface area contributed by atoms with Crippen LogP contribution in [-0.4, -0.2) is 37.8 Å². The van der Waals surface area contributed by atoms with Crippen molar-refractivity contribution < 1.29 is 14.3 Å². The number of hydrogen-bond acceptors (Lipinski definition) is 3. The highest BCUT2D eigenvalue weighted by Crippen LogP contribution is 2.14. The first kappa shape index (κ1) is 14.9. The quantitative estimate of drug-likeness (QED) is 0.501. The summed E-state index contributed by atoms with van der Waals surface area (Å²) in [6.07, 6.45) is 3.01. The second kappa shape index (κ2) is 8.06. The number of rotatable bonds is 9. The average Bonchev–Trinajstić information content (AvgIpc) is 2.64. The maximum Gasteiger partial charge on any atom is 0.151 e. The van der Waals surface area contributed by atoms with Crippen molar-refractivity contribution in [2.45, 2.75) is 33.2 Å². The van der Waals surface area contributed by atoms with Crippen LogP contribution in [0.4, 0.5) is 0 Å². The predicted octanol–water partition coefficient (Wildman–Crippen LogP) is 2.36. The summed E-state index contributed by atoms with van der Waals surface area (Å²) in [4.78, 5) is 10.8. The third-order valence-electron chi connectivity index (χ3n) is 3.09. The number of unbranched alkanes of at least 4 members (excludes halogenated alkanes) is 1. The minimum absolute atomic E-state index is 0.651. The Bertz CT molecular complexity index is 371. The van der Waals surface area contributed by atoms with Crippen molar-refractivity contribution in [2.24, 2.45) is 0 Å². The SMILES string of the molecule is COCCOCCCCn1c(C)cc(C=O)c1C. The zero-order chi connectivity index (χ0) is 13.4. The van der Waals surface area contributed by atoms with Crippen LogP contribution in [0.5, 0.6) is 0 Å². The van der Waals surface area contributed by atoms with Crippen LogP contribution in [-0.2, 0) is 16.0 Å². The van der Waals surface area contributed by atoms with E-state index in [2.05, 4.69) is 4.57 Å². The minimum atomic E-state index is 0.651. The predicted molar refractivity (Wildman–Crippen MR) is 71.2 cm³/mol. The second-order valence-corrected chi connectivity index (χ2v) is 4.41. The van der Waals surface area contributed by atoms with Crippen LogP contribution >= 0.6 is 0 Å². The highest BCUT2D eigenvalue weighted by molar-refractivity contribution is 5.77. The van der Waals surface area contributed by atoms with E-state index < -0.39 is 0 Å². The molecular weight excluding hydrogens is 230 g/mol. The molecule has 4 heteroatoms. The Balaban J connectivity index is 2.27. The maximum absolute atomic E-state index is 10.8. The van der Waals surface area contributed by atoms with E-state index in [0.29, 0.717) is 13.2 Å². The summed E-state index contributed by atoms with van der Waals surface area (Å²) >= 11 is 0. The first-order chi connectivity index (χ1) is 8.70. The summed E-state index contributed by atoms with van der Waals surface area (Å²) in [7, 11) is 1.67. The molecule has 0 aliphatic carbocycles. The number of carbonyl (C=O) groups excluding carboxylic acids is 1. The lowest BCUT2D eigenvalue weighted by atomic mass is 10.3. The Labute approximate surface area is 109 Å². The molecule has 0 saturated heterocycles. The molecule has 0 N–H and O–H groups in total. The molecule has 0 saturated carbocycles. The number of methoxy groups -OCH3 is 1. The largest absolute Gasteiger partial charge is 0.382 e. The molecule has 4 nitrogen and oxygen atoms in total. The fraction of sp³-hybridized carbons (Fsp3) is 0.643. The third kappa shape index (κ3) is 4.27. The van der Waals surface area contributed by atoms with Crippen LogP contribution in [0.3, 0.4) is 0 Å². The van der Waals surface area contributed by atoms with E-state index in [0.717, 1.165) is 49.2 Å². The van der Waals surface area contributed by atoms with Gasteiger partial charge in [0.1, 0.15) is 0 Å². The first-order valence-corrected chi connectivity index (χ1v) is 6.39. The van der Waals surface area contributed by atoms with Gasteiger partial charge in [-0.05, 0) is 32.8 Å². The molecule has 0 radical (unpaired) electrons. The zero-order valence-electron chi connectivity index (χ0n) is 11.6. The van der Waals surface area contributed by atoms with Gasteiger partial charge in [-0.3, -0.25) is 4.79 Å². The molecule has 1 aromatic heterocycles. The normalized spacial score (nSPS) is 10.8. The minimum Gasteiger partial charge on any atom is -0.382 e. The lowest BCUT2D eigenvalue weighted by Gasteiger charge is -2.09. The lowest BCUT2D eigenvalue weighted by molar-refractivity contribution is 0.0684. The van der Waals surface area contributed by atoms with Gasteiger partial charge in [0, 0.05) is 37.2 Å². The van der Waals surface area contributed by atoms with E-state index >= 15 is 0 Å². The van der Waals surface area contributed by atoms with Crippen molar-refractivity contribution in [3.63, 3.8) is 0 Å². The summed E-state index contributed by atoms with van der Waals surface area (Å²) in [5.41, 5.74) is 3.00. The van der Waals surface area contributed by atoms with Crippen molar-refractivity contribution in [2.75, 3.05) is 26.9 Å². The zero-order valence-corrected chi connectivity index (χ0v) is 11.6. The van der Waals surface area contributed by atoms with Gasteiger partial charge in [-0.1, -0.05) is 0 Å². The van der Waals surface area contributed by atoms with Crippen molar-refractivity contribution >= 4 is 6.29 Å². The molecule has 0 atom stereocenters. The molecule has 0 amide bonds. The van der Waals surface area contributed by atoms with Gasteiger partial charge in [0.15, 0.2) is 6.29 Å². The molecule has 0 aliphatic rings. The number of carbonyl (C=O) groups is 1. The third-order valence-corrected chi connectivity index (χ3v) is 3.09. The summed E-state index contributed by atoms with van der Waals surface area (Å²) < 4.78 is 12.5. The van der Waals surface area contributed by atoms with E-state index in [1.54, 1.807) is 7.11 Å². The van der Waals surface area contributed by atoms with E-state index in [1.165, 1.54) is 0 Å². The number of aldehydes is 1. The van der Waals surface area contributed by atoms with Crippen LogP contribution in [0.25, 0.3) is 0 Å². The summed E-state index contributed by atoms with van der Waals surface area (Å²) in [6.45, 7) is 7.05. The van der Waals surface area contributed by atoms with Gasteiger partial charge in [0.25, 0.3) is 0 Å². The number of aryl methyl sites for hydroxylation is 1. The Kier molecular flexibility index (Phi) is 6.68. The second-order valence-electron chi connectivity index (χ2n) is 4.41. The van der Waals surface area contributed by atoms with Crippen molar-refractivity contribution in [1.82, 2.24) is 4.57 Å². The molecule has 1 aromatic rings. The van der Waals surface area contributed by atoms with Crippen molar-refractivity contribution in [3.05, 3.63) is 23.0 Å². The molecule has 0 bridgehead atoms. The first-order valence-electron chi connectivity index (χ1n) is 6.39. The monoisotopic (exact) mass is 253 g/mol. The van der Waals surface area contributed by atoms with Gasteiger partial charge < -0.3 is 14.0 Å². The molecule has 0 fully saturated rings. The highest BCUT2D eigenvalue weighted by Gasteiger charge is 2.07. The lowest BCUT2D eigenvalue weighted by Crippen LogP contribution is -2.06. The van der Waals surface area contributed by atoms with Gasteiger partial charge >= 0.3 is 0 Å². The number of ether oxygens (including phenoxy) is 2. The molecule has 18 heavy (non-hydrogen) atoms. The van der Waals surface area contributed by atoms with Crippen molar-refractivity contribution in [1.29, 1.82) is 0 Å². The summed E-state index contributed by atoms with van der Waals surface area (Å²) in [5, 5.41) is 0. The Morgan fingerprint density at radius 3 is 2.61 bits per heavy atom. The number of aromatic nitrogens is 1. The average molecular weight is 253 g/mol. The topological polar surface area (TPSA) is 40.5 Å². The Morgan fingerprint density at radius 2 is 2.00 bits per heavy atom. The van der Waals surface area contributed by atoms with Crippen LogP contribution in [0, 0.1) is 13.8 Å². The molecule has 0 spiro atoms. The van der Waals surface area contributed by atoms with Gasteiger partial charge in [0.2, 0.25) is 0 Å². The summed E-state index contributed by atoms with van der Waals surface area (Å²) in [5.74, 6) is 0. The number of hydrogen-bond donors (Lipinski definition) is 0. The van der Waals surface area contributed by atoms with Gasteiger partial charge in [0.05, 0.1) is 13.2 Å². The van der Waals surface area contributed by atoms with E-state index in [-0.39, 0.29) is 0 Å². The Morgan fingerprint density at radius 1 is 1.22 bits per heavy atom. The molecule has 0 unspecified atom stereocenters. The van der Waals surface area contributed by atoms with Gasteiger partial charge in [-0.15, -0.1) is 0 Å². The standard InChI is InChI=1S/C14H23NO3/c1-12-10-14(11-16)13(2)15(12)6-4-5-7-18-9-8-17-3/h10-11H,4-9H2,1-3H3. The fourth-order valence-corrected chi connectivity index (χ4v) is 2.01. The molecule has 1 rings (SSSR count). The maximum atomic E-state index is 10.8. The Hall–Kier alpha value is -1.13. The van der Waals surface area contributed by atoms with Gasteiger partial charge in [-0.2, -0.15) is 0 Å². The molecule has 102 valence electrons. The van der Waals surface area contributed by atoms with E-state index in [1.807, 2.05) is 19.9 Å². The van der Waals surface area contributed by atoms with Gasteiger partial charge in [-0.25, -0.2) is 0 Å². The van der Waals surface area contributed by atoms with Crippen LogP contribution in [0.1, 0.15) is 34.6 Å². The highest BCUT2D eigenvalue weighted by atomic mass is 16.5. The number of nitrogens with zero attached hydrogens (tertiary/aromatic N) is 1. The van der Waals surface area contributed by atoms with E-state index in [9.17, 15) is 4.79 Å². The smallest absolute Gasteiger partial charge is 0.151 e. The van der Waals surface area contributed by atoms with E-state index in [4.69, 9.17) is 9.47 Å². The van der Waals surface area contributed by atoms with Crippen LogP contribution < -0.4 is 0 Å². The molecule has 0 aromatic carbocycles. The van der Waals surface area contributed by atoms with Crippen LogP contribution in [0.15, 0.2) is 6.07 Å².